The molecule has 1 saturated heterocycles. The van der Waals surface area contributed by atoms with Crippen LogP contribution in [0.4, 0.5) is 0 Å². The van der Waals surface area contributed by atoms with E-state index >= 15 is 0 Å². The van der Waals surface area contributed by atoms with Crippen LogP contribution in [0.15, 0.2) is 0 Å². The molecule has 2 heteroatoms. The summed E-state index contributed by atoms with van der Waals surface area (Å²) in [4.78, 5) is 2.83. The zero-order valence-electron chi connectivity index (χ0n) is 14.4. The highest BCUT2D eigenvalue weighted by Crippen LogP contribution is 2.41. The summed E-state index contributed by atoms with van der Waals surface area (Å²) in [5.41, 5.74) is 0.560. The molecule has 20 heavy (non-hydrogen) atoms. The topological polar surface area (TPSA) is 15.3 Å². The van der Waals surface area contributed by atoms with Crippen LogP contribution in [0.5, 0.6) is 0 Å². The van der Waals surface area contributed by atoms with Gasteiger partial charge in [0.15, 0.2) is 0 Å². The van der Waals surface area contributed by atoms with Crippen LogP contribution in [0.2, 0.25) is 0 Å². The van der Waals surface area contributed by atoms with Gasteiger partial charge in [-0.25, -0.2) is 0 Å². The zero-order chi connectivity index (χ0) is 14.8. The molecule has 0 aromatic carbocycles. The van der Waals surface area contributed by atoms with Gasteiger partial charge < -0.3 is 5.32 Å². The summed E-state index contributed by atoms with van der Waals surface area (Å²) in [7, 11) is 0. The molecule has 1 saturated carbocycles. The van der Waals surface area contributed by atoms with E-state index in [0.29, 0.717) is 11.5 Å². The van der Waals surface area contributed by atoms with E-state index in [1.165, 1.54) is 51.7 Å². The summed E-state index contributed by atoms with van der Waals surface area (Å²) in [5.74, 6) is 1.71. The first-order valence-corrected chi connectivity index (χ1v) is 8.85. The molecule has 0 aromatic heterocycles. The van der Waals surface area contributed by atoms with Crippen LogP contribution in [0.3, 0.4) is 0 Å². The number of rotatable bonds is 4. The maximum absolute atomic E-state index is 3.58. The molecule has 3 unspecified atom stereocenters. The normalized spacial score (nSPS) is 34.6. The maximum Gasteiger partial charge on any atom is 0.0124 e. The Labute approximate surface area is 126 Å². The van der Waals surface area contributed by atoms with Crippen LogP contribution in [-0.4, -0.2) is 36.6 Å². The Kier molecular flexibility index (Phi) is 5.53. The molecule has 1 N–H and O–H groups in total. The van der Waals surface area contributed by atoms with Crippen LogP contribution in [-0.2, 0) is 0 Å². The fourth-order valence-corrected chi connectivity index (χ4v) is 4.53. The third-order valence-corrected chi connectivity index (χ3v) is 5.61. The van der Waals surface area contributed by atoms with Crippen LogP contribution in [0, 0.1) is 17.3 Å². The Morgan fingerprint density at radius 2 is 2.00 bits per heavy atom. The minimum absolute atomic E-state index is 0.560. The molecule has 0 radical (unpaired) electrons. The van der Waals surface area contributed by atoms with Crippen molar-refractivity contribution in [3.05, 3.63) is 0 Å². The molecule has 2 rings (SSSR count). The van der Waals surface area contributed by atoms with E-state index < -0.39 is 0 Å². The Morgan fingerprint density at radius 1 is 1.25 bits per heavy atom. The van der Waals surface area contributed by atoms with E-state index in [-0.39, 0.29) is 0 Å². The van der Waals surface area contributed by atoms with Crippen molar-refractivity contribution >= 4 is 0 Å². The number of piperidine rings is 1. The molecule has 3 atom stereocenters. The number of hydrogen-bond donors (Lipinski definition) is 1. The lowest BCUT2D eigenvalue weighted by atomic mass is 9.70. The van der Waals surface area contributed by atoms with Gasteiger partial charge in [-0.1, -0.05) is 20.8 Å². The van der Waals surface area contributed by atoms with Crippen molar-refractivity contribution in [3.8, 4) is 0 Å². The molecule has 1 aliphatic heterocycles. The fraction of sp³-hybridized carbons (Fsp3) is 1.00. The van der Waals surface area contributed by atoms with Crippen LogP contribution >= 0.6 is 0 Å². The molecule has 2 aliphatic rings. The second-order valence-corrected chi connectivity index (χ2v) is 8.45. The first-order chi connectivity index (χ1) is 9.39. The molecular weight excluding hydrogens is 244 g/mol. The van der Waals surface area contributed by atoms with E-state index in [1.807, 2.05) is 0 Å². The Bertz CT molecular complexity index is 292. The SMILES string of the molecule is CC1CC(C)(C)CCC1N(CC1CCCNC1)C(C)C. The summed E-state index contributed by atoms with van der Waals surface area (Å²) in [6.07, 6.45) is 6.97. The van der Waals surface area contributed by atoms with Gasteiger partial charge in [-0.2, -0.15) is 0 Å². The predicted molar refractivity (Wildman–Crippen MR) is 88.0 cm³/mol. The average Bonchev–Trinajstić information content (AvgIpc) is 2.37. The van der Waals surface area contributed by atoms with Gasteiger partial charge in [0, 0.05) is 18.6 Å². The Morgan fingerprint density at radius 3 is 2.55 bits per heavy atom. The third-order valence-electron chi connectivity index (χ3n) is 5.61. The standard InChI is InChI=1S/C18H36N2/c1-14(2)20(13-16-7-6-10-19-12-16)17-8-9-18(4,5)11-15(17)3/h14-17,19H,6-13H2,1-5H3. The summed E-state index contributed by atoms with van der Waals surface area (Å²) in [5, 5.41) is 3.58. The lowest BCUT2D eigenvalue weighted by Crippen LogP contribution is -2.51. The Balaban J connectivity index is 1.97. The molecule has 2 fully saturated rings. The smallest absolute Gasteiger partial charge is 0.0124 e. The van der Waals surface area contributed by atoms with Crippen molar-refractivity contribution < 1.29 is 0 Å². The maximum atomic E-state index is 3.58. The van der Waals surface area contributed by atoms with Crippen molar-refractivity contribution in [3.63, 3.8) is 0 Å². The summed E-state index contributed by atoms with van der Waals surface area (Å²) in [6.45, 7) is 15.9. The lowest BCUT2D eigenvalue weighted by Gasteiger charge is -2.47. The molecule has 0 amide bonds. The van der Waals surface area contributed by atoms with Crippen LogP contribution in [0.25, 0.3) is 0 Å². The van der Waals surface area contributed by atoms with Gasteiger partial charge in [0.25, 0.3) is 0 Å². The predicted octanol–water partition coefficient (Wildman–Crippen LogP) is 3.91. The van der Waals surface area contributed by atoms with Crippen LogP contribution < -0.4 is 5.32 Å². The van der Waals surface area contributed by atoms with Gasteiger partial charge in [0.1, 0.15) is 0 Å². The third kappa shape index (κ3) is 4.21. The summed E-state index contributed by atoms with van der Waals surface area (Å²) >= 11 is 0. The average molecular weight is 280 g/mol. The lowest BCUT2D eigenvalue weighted by molar-refractivity contribution is 0.0275. The highest BCUT2D eigenvalue weighted by molar-refractivity contribution is 4.90. The van der Waals surface area contributed by atoms with E-state index in [1.54, 1.807) is 0 Å². The minimum atomic E-state index is 0.560. The molecule has 118 valence electrons. The van der Waals surface area contributed by atoms with Gasteiger partial charge in [0.2, 0.25) is 0 Å². The van der Waals surface area contributed by atoms with E-state index in [4.69, 9.17) is 0 Å². The van der Waals surface area contributed by atoms with Crippen molar-refractivity contribution in [1.82, 2.24) is 10.2 Å². The highest BCUT2D eigenvalue weighted by atomic mass is 15.2. The minimum Gasteiger partial charge on any atom is -0.316 e. The molecule has 1 aliphatic carbocycles. The van der Waals surface area contributed by atoms with Gasteiger partial charge in [-0.05, 0) is 76.3 Å². The summed E-state index contributed by atoms with van der Waals surface area (Å²) in [6, 6.07) is 1.50. The van der Waals surface area contributed by atoms with E-state index in [0.717, 1.165) is 17.9 Å². The molecular formula is C18H36N2. The van der Waals surface area contributed by atoms with Crippen LogP contribution in [0.1, 0.15) is 66.7 Å². The zero-order valence-corrected chi connectivity index (χ0v) is 14.4. The first kappa shape index (κ1) is 16.3. The Hall–Kier alpha value is -0.0800. The molecule has 0 bridgehead atoms. The molecule has 0 spiro atoms. The fourth-order valence-electron chi connectivity index (χ4n) is 4.53. The van der Waals surface area contributed by atoms with Crippen molar-refractivity contribution in [2.24, 2.45) is 17.3 Å². The number of nitrogens with zero attached hydrogens (tertiary/aromatic N) is 1. The first-order valence-electron chi connectivity index (χ1n) is 8.85. The van der Waals surface area contributed by atoms with Crippen molar-refractivity contribution in [1.29, 1.82) is 0 Å². The molecule has 2 nitrogen and oxygen atoms in total. The number of nitrogens with one attached hydrogen (secondary N) is 1. The molecule has 1 heterocycles. The van der Waals surface area contributed by atoms with Gasteiger partial charge in [-0.15, -0.1) is 0 Å². The van der Waals surface area contributed by atoms with Gasteiger partial charge >= 0.3 is 0 Å². The monoisotopic (exact) mass is 280 g/mol. The van der Waals surface area contributed by atoms with Gasteiger partial charge in [0.05, 0.1) is 0 Å². The second kappa shape index (κ2) is 6.79. The van der Waals surface area contributed by atoms with E-state index in [9.17, 15) is 0 Å². The number of hydrogen-bond acceptors (Lipinski definition) is 2. The van der Waals surface area contributed by atoms with Crippen molar-refractivity contribution in [2.45, 2.75) is 78.8 Å². The molecule has 0 aromatic rings. The second-order valence-electron chi connectivity index (χ2n) is 8.45. The quantitative estimate of drug-likeness (QED) is 0.840. The van der Waals surface area contributed by atoms with E-state index in [2.05, 4.69) is 44.8 Å². The largest absolute Gasteiger partial charge is 0.316 e. The highest BCUT2D eigenvalue weighted by Gasteiger charge is 2.36. The summed E-state index contributed by atoms with van der Waals surface area (Å²) < 4.78 is 0. The van der Waals surface area contributed by atoms with Crippen molar-refractivity contribution in [2.75, 3.05) is 19.6 Å². The van der Waals surface area contributed by atoms with Gasteiger partial charge in [-0.3, -0.25) is 4.90 Å².